The number of hydrogen-bond donors (Lipinski definition) is 2. The molecule has 0 spiro atoms. The van der Waals surface area contributed by atoms with Crippen LogP contribution in [-0.4, -0.2) is 23.3 Å². The molecule has 108 valence electrons. The number of benzene rings is 1. The minimum absolute atomic E-state index is 0.0305. The Morgan fingerprint density at radius 1 is 1.30 bits per heavy atom. The van der Waals surface area contributed by atoms with E-state index in [1.807, 2.05) is 0 Å². The number of phenolic OH excluding ortho intramolecular Hbond substituents is 1. The average Bonchev–Trinajstić information content (AvgIpc) is 2.62. The van der Waals surface area contributed by atoms with Gasteiger partial charge < -0.3 is 5.11 Å². The molecule has 6 nitrogen and oxygen atoms in total. The van der Waals surface area contributed by atoms with Crippen LogP contribution in [0.1, 0.15) is 17.0 Å². The van der Waals surface area contributed by atoms with Crippen LogP contribution in [0.5, 0.6) is 5.75 Å². The lowest BCUT2D eigenvalue weighted by atomic mass is 10.2. The summed E-state index contributed by atoms with van der Waals surface area (Å²) in [5.74, 6) is 0.0647. The van der Waals surface area contributed by atoms with Crippen molar-refractivity contribution < 1.29 is 13.5 Å². The number of nitrogens with zero attached hydrogens (tertiary/aromatic N) is 2. The number of aromatic hydroxyl groups is 1. The Balaban J connectivity index is 2.27. The van der Waals surface area contributed by atoms with Gasteiger partial charge in [-0.1, -0.05) is 18.2 Å². The van der Waals surface area contributed by atoms with Crippen molar-refractivity contribution >= 4 is 10.0 Å². The number of aryl methyl sites for hydroxylation is 2. The molecule has 0 saturated carbocycles. The van der Waals surface area contributed by atoms with Gasteiger partial charge in [-0.15, -0.1) is 0 Å². The fraction of sp³-hybridized carbons (Fsp3) is 0.308. The first-order valence-electron chi connectivity index (χ1n) is 6.09. The molecule has 0 fully saturated rings. The summed E-state index contributed by atoms with van der Waals surface area (Å²) in [6.07, 6.45) is 0. The predicted molar refractivity (Wildman–Crippen MR) is 74.8 cm³/mol. The van der Waals surface area contributed by atoms with E-state index in [0.717, 1.165) is 0 Å². The van der Waals surface area contributed by atoms with E-state index < -0.39 is 10.0 Å². The SMILES string of the molecule is Cc1nn(C)c(C)c1S(=O)(=O)NCc1ccccc1O. The van der Waals surface area contributed by atoms with E-state index in [9.17, 15) is 13.5 Å². The molecule has 1 aromatic carbocycles. The molecule has 7 heteroatoms. The topological polar surface area (TPSA) is 84.2 Å². The maximum atomic E-state index is 12.3. The normalized spacial score (nSPS) is 11.8. The van der Waals surface area contributed by atoms with Gasteiger partial charge in [-0.25, -0.2) is 13.1 Å². The van der Waals surface area contributed by atoms with Crippen LogP contribution < -0.4 is 4.72 Å². The van der Waals surface area contributed by atoms with Gasteiger partial charge in [0.1, 0.15) is 10.6 Å². The second-order valence-electron chi connectivity index (χ2n) is 4.58. The number of phenols is 1. The molecule has 0 aliphatic heterocycles. The third-order valence-corrected chi connectivity index (χ3v) is 4.81. The molecule has 2 aromatic rings. The van der Waals surface area contributed by atoms with Crippen LogP contribution in [0.4, 0.5) is 0 Å². The second-order valence-corrected chi connectivity index (χ2v) is 6.28. The molecule has 0 atom stereocenters. The number of nitrogens with one attached hydrogen (secondary N) is 1. The van der Waals surface area contributed by atoms with E-state index in [-0.39, 0.29) is 17.2 Å². The van der Waals surface area contributed by atoms with Crippen LogP contribution in [0.3, 0.4) is 0 Å². The molecular formula is C13H17N3O3S. The molecule has 0 amide bonds. The summed E-state index contributed by atoms with van der Waals surface area (Å²) < 4.78 is 28.7. The van der Waals surface area contributed by atoms with Gasteiger partial charge in [0.05, 0.1) is 11.4 Å². The van der Waals surface area contributed by atoms with Crippen molar-refractivity contribution in [2.45, 2.75) is 25.3 Å². The van der Waals surface area contributed by atoms with Gasteiger partial charge >= 0.3 is 0 Å². The summed E-state index contributed by atoms with van der Waals surface area (Å²) in [7, 11) is -1.96. The van der Waals surface area contributed by atoms with Crippen molar-refractivity contribution in [3.05, 3.63) is 41.2 Å². The fourth-order valence-electron chi connectivity index (χ4n) is 2.05. The van der Waals surface area contributed by atoms with Gasteiger partial charge in [-0.05, 0) is 19.9 Å². The number of rotatable bonds is 4. The first-order chi connectivity index (χ1) is 9.33. The van der Waals surface area contributed by atoms with Crippen LogP contribution in [0.2, 0.25) is 0 Å². The third-order valence-electron chi connectivity index (χ3n) is 3.16. The highest BCUT2D eigenvalue weighted by molar-refractivity contribution is 7.89. The standard InChI is InChI=1S/C13H17N3O3S/c1-9-13(10(2)16(3)15-9)20(18,19)14-8-11-6-4-5-7-12(11)17/h4-7,14,17H,8H2,1-3H3. The zero-order valence-corrected chi connectivity index (χ0v) is 12.4. The molecular weight excluding hydrogens is 278 g/mol. The van der Waals surface area contributed by atoms with E-state index >= 15 is 0 Å². The minimum Gasteiger partial charge on any atom is -0.508 e. The zero-order chi connectivity index (χ0) is 14.9. The monoisotopic (exact) mass is 295 g/mol. The maximum absolute atomic E-state index is 12.3. The highest BCUT2D eigenvalue weighted by Crippen LogP contribution is 2.20. The van der Waals surface area contributed by atoms with E-state index in [1.54, 1.807) is 39.1 Å². The van der Waals surface area contributed by atoms with Gasteiger partial charge in [-0.3, -0.25) is 4.68 Å². The van der Waals surface area contributed by atoms with E-state index in [4.69, 9.17) is 0 Å². The van der Waals surface area contributed by atoms with Crippen molar-refractivity contribution in [1.82, 2.24) is 14.5 Å². The van der Waals surface area contributed by atoms with E-state index in [0.29, 0.717) is 17.0 Å². The molecule has 0 saturated heterocycles. The highest BCUT2D eigenvalue weighted by Gasteiger charge is 2.23. The highest BCUT2D eigenvalue weighted by atomic mass is 32.2. The quantitative estimate of drug-likeness (QED) is 0.888. The maximum Gasteiger partial charge on any atom is 0.244 e. The third kappa shape index (κ3) is 2.68. The number of hydrogen-bond acceptors (Lipinski definition) is 4. The summed E-state index contributed by atoms with van der Waals surface area (Å²) >= 11 is 0. The molecule has 2 rings (SSSR count). The Kier molecular flexibility index (Phi) is 3.82. The van der Waals surface area contributed by atoms with E-state index in [1.165, 1.54) is 10.7 Å². The molecule has 1 heterocycles. The van der Waals surface area contributed by atoms with Crippen molar-refractivity contribution in [3.8, 4) is 5.75 Å². The number of sulfonamides is 1. The number of aromatic nitrogens is 2. The fourth-order valence-corrected chi connectivity index (χ4v) is 3.49. The summed E-state index contributed by atoms with van der Waals surface area (Å²) in [5, 5.41) is 13.7. The van der Waals surface area contributed by atoms with Gasteiger partial charge in [0.2, 0.25) is 10.0 Å². The lowest BCUT2D eigenvalue weighted by Gasteiger charge is -2.08. The van der Waals surface area contributed by atoms with Crippen LogP contribution in [0, 0.1) is 13.8 Å². The number of para-hydroxylation sites is 1. The van der Waals surface area contributed by atoms with Crippen molar-refractivity contribution in [1.29, 1.82) is 0 Å². The Morgan fingerprint density at radius 3 is 2.50 bits per heavy atom. The van der Waals surface area contributed by atoms with Crippen molar-refractivity contribution in [2.24, 2.45) is 7.05 Å². The van der Waals surface area contributed by atoms with Gasteiger partial charge in [0.25, 0.3) is 0 Å². The molecule has 2 N–H and O–H groups in total. The van der Waals surface area contributed by atoms with Crippen molar-refractivity contribution in [2.75, 3.05) is 0 Å². The van der Waals surface area contributed by atoms with Crippen LogP contribution in [0.25, 0.3) is 0 Å². The average molecular weight is 295 g/mol. The lowest BCUT2D eigenvalue weighted by Crippen LogP contribution is -2.24. The second kappa shape index (κ2) is 5.26. The Hall–Kier alpha value is -1.86. The minimum atomic E-state index is -3.66. The summed E-state index contributed by atoms with van der Waals surface area (Å²) in [5.41, 5.74) is 1.55. The first kappa shape index (κ1) is 14.5. The van der Waals surface area contributed by atoms with Crippen LogP contribution >= 0.6 is 0 Å². The van der Waals surface area contributed by atoms with Gasteiger partial charge in [-0.2, -0.15) is 5.10 Å². The summed E-state index contributed by atoms with van der Waals surface area (Å²) in [6, 6.07) is 6.61. The Bertz CT molecular complexity index is 735. The van der Waals surface area contributed by atoms with Crippen LogP contribution in [-0.2, 0) is 23.6 Å². The van der Waals surface area contributed by atoms with Gasteiger partial charge in [0.15, 0.2) is 0 Å². The summed E-state index contributed by atoms with van der Waals surface area (Å²) in [6.45, 7) is 3.39. The molecule has 20 heavy (non-hydrogen) atoms. The smallest absolute Gasteiger partial charge is 0.244 e. The van der Waals surface area contributed by atoms with Gasteiger partial charge in [0, 0.05) is 19.2 Å². The van der Waals surface area contributed by atoms with Crippen LogP contribution in [0.15, 0.2) is 29.2 Å². The Labute approximate surface area is 118 Å². The summed E-state index contributed by atoms with van der Waals surface area (Å²) in [4.78, 5) is 0.190. The molecule has 1 aromatic heterocycles. The van der Waals surface area contributed by atoms with E-state index in [2.05, 4.69) is 9.82 Å². The molecule has 0 aliphatic rings. The first-order valence-corrected chi connectivity index (χ1v) is 7.58. The molecule has 0 aliphatic carbocycles. The largest absolute Gasteiger partial charge is 0.508 e. The lowest BCUT2D eigenvalue weighted by molar-refractivity contribution is 0.467. The predicted octanol–water partition coefficient (Wildman–Crippen LogP) is 1.22. The molecule has 0 unspecified atom stereocenters. The van der Waals surface area contributed by atoms with Crippen molar-refractivity contribution in [3.63, 3.8) is 0 Å². The zero-order valence-electron chi connectivity index (χ0n) is 11.6. The molecule has 0 radical (unpaired) electrons. The molecule has 0 bridgehead atoms. The Morgan fingerprint density at radius 2 is 1.95 bits per heavy atom.